The van der Waals surface area contributed by atoms with Gasteiger partial charge in [-0.2, -0.15) is 0 Å². The predicted molar refractivity (Wildman–Crippen MR) is 81.0 cm³/mol. The maximum absolute atomic E-state index is 13.0. The zero-order valence-corrected chi connectivity index (χ0v) is 13.0. The summed E-state index contributed by atoms with van der Waals surface area (Å²) in [4.78, 5) is 13.0. The molecule has 1 aromatic heterocycles. The van der Waals surface area contributed by atoms with Gasteiger partial charge in [0.1, 0.15) is 5.76 Å². The summed E-state index contributed by atoms with van der Waals surface area (Å²) < 4.78 is 17.1. The summed E-state index contributed by atoms with van der Waals surface area (Å²) >= 11 is 0. The molecule has 2 heterocycles. The fourth-order valence-electron chi connectivity index (χ4n) is 4.33. The van der Waals surface area contributed by atoms with Gasteiger partial charge in [-0.1, -0.05) is 6.92 Å². The van der Waals surface area contributed by atoms with E-state index < -0.39 is 5.79 Å². The van der Waals surface area contributed by atoms with Crippen LogP contribution in [0.4, 0.5) is 0 Å². The maximum atomic E-state index is 13.0. The van der Waals surface area contributed by atoms with Gasteiger partial charge in [0.2, 0.25) is 0 Å². The minimum Gasteiger partial charge on any atom is -0.465 e. The highest BCUT2D eigenvalue weighted by atomic mass is 16.7. The molecule has 0 radical (unpaired) electrons. The van der Waals surface area contributed by atoms with Crippen LogP contribution >= 0.6 is 0 Å². The highest BCUT2D eigenvalue weighted by molar-refractivity contribution is 6.04. The van der Waals surface area contributed by atoms with Crippen LogP contribution in [-0.4, -0.2) is 24.8 Å². The maximum Gasteiger partial charge on any atom is 0.168 e. The number of fused-ring (bicyclic) bond motifs is 1. The second-order valence-electron chi connectivity index (χ2n) is 6.98. The Morgan fingerprint density at radius 1 is 1.27 bits per heavy atom. The lowest BCUT2D eigenvalue weighted by Crippen LogP contribution is -2.50. The van der Waals surface area contributed by atoms with Crippen molar-refractivity contribution in [2.45, 2.75) is 44.8 Å². The van der Waals surface area contributed by atoms with Crippen LogP contribution in [0.2, 0.25) is 0 Å². The topological polar surface area (TPSA) is 48.7 Å². The standard InChI is InChI=1S/C18H22O4/c1-17-6-7-18(21-9-10-22-18)12-14(17)5-4-13(16(17)19)11-15-3-2-8-20-15/h2-3,8,11,14H,4-7,9-10,12H2,1H3. The third-order valence-electron chi connectivity index (χ3n) is 5.73. The highest BCUT2D eigenvalue weighted by Gasteiger charge is 2.54. The van der Waals surface area contributed by atoms with Crippen LogP contribution in [-0.2, 0) is 14.3 Å². The molecule has 0 aromatic carbocycles. The minimum atomic E-state index is -0.410. The average Bonchev–Trinajstić information content (AvgIpc) is 3.17. The van der Waals surface area contributed by atoms with E-state index in [2.05, 4.69) is 6.92 Å². The smallest absolute Gasteiger partial charge is 0.168 e. The quantitative estimate of drug-likeness (QED) is 0.744. The number of hydrogen-bond donors (Lipinski definition) is 0. The lowest BCUT2D eigenvalue weighted by molar-refractivity contribution is -0.207. The van der Waals surface area contributed by atoms with E-state index in [0.717, 1.165) is 43.4 Å². The number of Topliss-reactive ketones (excluding diaryl/α,β-unsaturated/α-hetero) is 1. The zero-order chi connectivity index (χ0) is 15.2. The Labute approximate surface area is 130 Å². The van der Waals surface area contributed by atoms with Crippen LogP contribution in [0.3, 0.4) is 0 Å². The number of carbonyl (C=O) groups is 1. The SMILES string of the molecule is CC12CCC3(CC1CCC(=Cc1ccco1)C2=O)OCCO3. The molecule has 4 heteroatoms. The molecule has 1 aromatic rings. The first kappa shape index (κ1) is 14.2. The Morgan fingerprint density at radius 3 is 2.82 bits per heavy atom. The van der Waals surface area contributed by atoms with Crippen LogP contribution in [0, 0.1) is 11.3 Å². The fourth-order valence-corrected chi connectivity index (χ4v) is 4.33. The Hall–Kier alpha value is -1.39. The monoisotopic (exact) mass is 302 g/mol. The Morgan fingerprint density at radius 2 is 2.09 bits per heavy atom. The molecule has 1 spiro atoms. The fraction of sp³-hybridized carbons (Fsp3) is 0.611. The van der Waals surface area contributed by atoms with Crippen molar-refractivity contribution in [1.82, 2.24) is 0 Å². The van der Waals surface area contributed by atoms with Crippen molar-refractivity contribution < 1.29 is 18.7 Å². The van der Waals surface area contributed by atoms with E-state index in [1.807, 2.05) is 18.2 Å². The van der Waals surface area contributed by atoms with E-state index in [4.69, 9.17) is 13.9 Å². The van der Waals surface area contributed by atoms with Gasteiger partial charge in [0.25, 0.3) is 0 Å². The molecule has 0 bridgehead atoms. The highest BCUT2D eigenvalue weighted by Crippen LogP contribution is 2.54. The average molecular weight is 302 g/mol. The van der Waals surface area contributed by atoms with Crippen molar-refractivity contribution in [2.75, 3.05) is 13.2 Å². The van der Waals surface area contributed by atoms with Crippen molar-refractivity contribution in [3.8, 4) is 0 Å². The molecule has 22 heavy (non-hydrogen) atoms. The third kappa shape index (κ3) is 2.17. The third-order valence-corrected chi connectivity index (χ3v) is 5.73. The molecule has 2 saturated carbocycles. The van der Waals surface area contributed by atoms with Crippen LogP contribution < -0.4 is 0 Å². The van der Waals surface area contributed by atoms with Crippen LogP contribution in [0.5, 0.6) is 0 Å². The molecule has 1 saturated heterocycles. The van der Waals surface area contributed by atoms with Gasteiger partial charge in [0, 0.05) is 18.3 Å². The first-order chi connectivity index (χ1) is 10.6. The summed E-state index contributed by atoms with van der Waals surface area (Å²) in [6.07, 6.45) is 7.90. The lowest BCUT2D eigenvalue weighted by atomic mass is 9.57. The van der Waals surface area contributed by atoms with E-state index in [1.165, 1.54) is 0 Å². The summed E-state index contributed by atoms with van der Waals surface area (Å²) in [6, 6.07) is 3.74. The first-order valence-corrected chi connectivity index (χ1v) is 8.18. The second kappa shape index (κ2) is 5.07. The van der Waals surface area contributed by atoms with Gasteiger partial charge in [0.05, 0.1) is 19.5 Å². The van der Waals surface area contributed by atoms with Crippen molar-refractivity contribution in [3.63, 3.8) is 0 Å². The van der Waals surface area contributed by atoms with Crippen molar-refractivity contribution in [2.24, 2.45) is 11.3 Å². The molecule has 1 aliphatic heterocycles. The summed E-state index contributed by atoms with van der Waals surface area (Å²) in [5.41, 5.74) is 0.620. The van der Waals surface area contributed by atoms with Crippen LogP contribution in [0.1, 0.15) is 44.8 Å². The van der Waals surface area contributed by atoms with Gasteiger partial charge in [-0.25, -0.2) is 0 Å². The minimum absolute atomic E-state index is 0.281. The van der Waals surface area contributed by atoms with Gasteiger partial charge in [0.15, 0.2) is 11.6 Å². The largest absolute Gasteiger partial charge is 0.465 e. The normalized spacial score (nSPS) is 36.0. The molecule has 118 valence electrons. The number of rotatable bonds is 1. The molecule has 2 unspecified atom stereocenters. The summed E-state index contributed by atoms with van der Waals surface area (Å²) in [5, 5.41) is 0. The molecule has 3 aliphatic rings. The molecule has 2 atom stereocenters. The Bertz CT molecular complexity index is 595. The molecule has 0 N–H and O–H groups in total. The van der Waals surface area contributed by atoms with Crippen molar-refractivity contribution in [1.29, 1.82) is 0 Å². The lowest BCUT2D eigenvalue weighted by Gasteiger charge is -2.49. The van der Waals surface area contributed by atoms with Gasteiger partial charge < -0.3 is 13.9 Å². The van der Waals surface area contributed by atoms with Crippen LogP contribution in [0.15, 0.2) is 28.4 Å². The van der Waals surface area contributed by atoms with Gasteiger partial charge in [-0.15, -0.1) is 0 Å². The van der Waals surface area contributed by atoms with Gasteiger partial charge >= 0.3 is 0 Å². The summed E-state index contributed by atoms with van der Waals surface area (Å²) in [5.74, 6) is 0.987. The van der Waals surface area contributed by atoms with E-state index in [1.54, 1.807) is 6.26 Å². The van der Waals surface area contributed by atoms with E-state index in [0.29, 0.717) is 19.1 Å². The summed E-state index contributed by atoms with van der Waals surface area (Å²) in [7, 11) is 0. The van der Waals surface area contributed by atoms with Crippen LogP contribution in [0.25, 0.3) is 6.08 Å². The predicted octanol–water partition coefficient (Wildman–Crippen LogP) is 3.58. The van der Waals surface area contributed by atoms with E-state index >= 15 is 0 Å². The second-order valence-corrected chi connectivity index (χ2v) is 6.98. The number of ketones is 1. The Kier molecular flexibility index (Phi) is 3.27. The molecule has 4 rings (SSSR count). The van der Waals surface area contributed by atoms with Crippen molar-refractivity contribution >= 4 is 11.9 Å². The Balaban J connectivity index is 1.58. The molecule has 0 amide bonds. The molecular weight excluding hydrogens is 280 g/mol. The number of ether oxygens (including phenoxy) is 2. The molecular formula is C18H22O4. The van der Waals surface area contributed by atoms with Crippen molar-refractivity contribution in [3.05, 3.63) is 29.7 Å². The van der Waals surface area contributed by atoms with E-state index in [9.17, 15) is 4.79 Å². The molecule has 4 nitrogen and oxygen atoms in total. The number of allylic oxidation sites excluding steroid dienone is 1. The van der Waals surface area contributed by atoms with Gasteiger partial charge in [-0.05, 0) is 49.0 Å². The number of furan rings is 1. The summed E-state index contributed by atoms with van der Waals surface area (Å²) in [6.45, 7) is 3.49. The number of carbonyl (C=O) groups excluding carboxylic acids is 1. The molecule has 3 fully saturated rings. The first-order valence-electron chi connectivity index (χ1n) is 8.18. The number of hydrogen-bond acceptors (Lipinski definition) is 4. The molecule has 2 aliphatic carbocycles. The van der Waals surface area contributed by atoms with Gasteiger partial charge in [-0.3, -0.25) is 4.79 Å². The zero-order valence-electron chi connectivity index (χ0n) is 13.0. The van der Waals surface area contributed by atoms with E-state index in [-0.39, 0.29) is 11.2 Å².